The summed E-state index contributed by atoms with van der Waals surface area (Å²) in [4.78, 5) is 32.0. The first kappa shape index (κ1) is 23.2. The van der Waals surface area contributed by atoms with Gasteiger partial charge in [-0.05, 0) is 19.8 Å². The third-order valence-corrected chi connectivity index (χ3v) is 4.14. The number of rotatable bonds is 7. The predicted octanol–water partition coefficient (Wildman–Crippen LogP) is 0.996. The summed E-state index contributed by atoms with van der Waals surface area (Å²) >= 11 is 0. The summed E-state index contributed by atoms with van der Waals surface area (Å²) in [5.41, 5.74) is 0.821. The van der Waals surface area contributed by atoms with Gasteiger partial charge in [0, 0.05) is 45.8 Å². The van der Waals surface area contributed by atoms with E-state index in [1.165, 1.54) is 7.11 Å². The molecule has 1 N–H and O–H groups in total. The number of carbonyl (C=O) groups is 2. The first-order valence-corrected chi connectivity index (χ1v) is 8.94. The van der Waals surface area contributed by atoms with E-state index in [2.05, 4.69) is 20.1 Å². The van der Waals surface area contributed by atoms with Crippen molar-refractivity contribution in [3.63, 3.8) is 0 Å². The molecule has 10 heteroatoms. The fraction of sp³-hybridized carbons (Fsp3) is 0.647. The van der Waals surface area contributed by atoms with Crippen molar-refractivity contribution in [3.8, 4) is 0 Å². The van der Waals surface area contributed by atoms with E-state index in [0.717, 1.165) is 31.0 Å². The van der Waals surface area contributed by atoms with E-state index in [1.54, 1.807) is 15.8 Å². The van der Waals surface area contributed by atoms with Gasteiger partial charge in [-0.3, -0.25) is 19.3 Å². The maximum absolute atomic E-state index is 12.5. The van der Waals surface area contributed by atoms with Gasteiger partial charge < -0.3 is 19.9 Å². The number of unbranched alkanes of at least 4 members (excludes halogenated alkanes) is 1. The summed E-state index contributed by atoms with van der Waals surface area (Å²) < 4.78 is 6.32. The highest BCUT2D eigenvalue weighted by Gasteiger charge is 2.27. The normalized spacial score (nSPS) is 14.8. The highest BCUT2D eigenvalue weighted by atomic mass is 127. The van der Waals surface area contributed by atoms with E-state index in [-0.39, 0.29) is 42.4 Å². The Hall–Kier alpha value is -1.85. The number of hydrogen-bond acceptors (Lipinski definition) is 5. The zero-order chi connectivity index (χ0) is 18.9. The minimum absolute atomic E-state index is 0. The lowest BCUT2D eigenvalue weighted by atomic mass is 10.2. The SMILES string of the molecule is CCNC(=NCCCCC(=O)OC)N1CCN(c2cnn(C)c2)C(=O)C1.I. The van der Waals surface area contributed by atoms with Crippen LogP contribution in [0, 0.1) is 0 Å². The van der Waals surface area contributed by atoms with Crippen LogP contribution in [0.2, 0.25) is 0 Å². The Morgan fingerprint density at radius 1 is 1.37 bits per heavy atom. The minimum Gasteiger partial charge on any atom is -0.469 e. The van der Waals surface area contributed by atoms with Crippen molar-refractivity contribution in [1.82, 2.24) is 20.0 Å². The molecule has 9 nitrogen and oxygen atoms in total. The molecule has 1 aliphatic heterocycles. The number of carbonyl (C=O) groups excluding carboxylic acids is 2. The molecule has 1 aliphatic rings. The molecule has 1 aromatic rings. The van der Waals surface area contributed by atoms with Crippen LogP contribution in [0.5, 0.6) is 0 Å². The molecule has 0 radical (unpaired) electrons. The Bertz CT molecular complexity index is 648. The summed E-state index contributed by atoms with van der Waals surface area (Å²) in [6.45, 7) is 4.92. The largest absolute Gasteiger partial charge is 0.469 e. The van der Waals surface area contributed by atoms with Crippen molar-refractivity contribution in [2.24, 2.45) is 12.0 Å². The Labute approximate surface area is 177 Å². The number of nitrogens with one attached hydrogen (secondary N) is 1. The standard InChI is InChI=1S/C17H28N6O3.HI/c1-4-18-17(19-8-6-5-7-16(25)26-3)22-9-10-23(15(24)13-22)14-11-20-21(2)12-14;/h11-12H,4-10,13H2,1-3H3,(H,18,19);1H. The number of anilines is 1. The van der Waals surface area contributed by atoms with Gasteiger partial charge in [0.15, 0.2) is 5.96 Å². The summed E-state index contributed by atoms with van der Waals surface area (Å²) in [7, 11) is 3.23. The number of ether oxygens (including phenoxy) is 1. The van der Waals surface area contributed by atoms with Crippen LogP contribution in [0.3, 0.4) is 0 Å². The molecular formula is C17H29IN6O3. The number of amides is 1. The molecule has 1 amide bonds. The number of aromatic nitrogens is 2. The smallest absolute Gasteiger partial charge is 0.305 e. The molecule has 0 atom stereocenters. The summed E-state index contributed by atoms with van der Waals surface area (Å²) in [6, 6.07) is 0. The van der Waals surface area contributed by atoms with E-state index >= 15 is 0 Å². The Morgan fingerprint density at radius 2 is 2.15 bits per heavy atom. The molecule has 27 heavy (non-hydrogen) atoms. The monoisotopic (exact) mass is 492 g/mol. The summed E-state index contributed by atoms with van der Waals surface area (Å²) in [6.07, 6.45) is 5.49. The van der Waals surface area contributed by atoms with Crippen LogP contribution in [0.4, 0.5) is 5.69 Å². The van der Waals surface area contributed by atoms with E-state index in [9.17, 15) is 9.59 Å². The molecule has 0 unspecified atom stereocenters. The second-order valence-corrected chi connectivity index (χ2v) is 6.11. The molecule has 1 aromatic heterocycles. The van der Waals surface area contributed by atoms with Crippen molar-refractivity contribution in [2.75, 3.05) is 44.7 Å². The van der Waals surface area contributed by atoms with Gasteiger partial charge >= 0.3 is 5.97 Å². The maximum Gasteiger partial charge on any atom is 0.305 e. The van der Waals surface area contributed by atoms with Crippen LogP contribution in [0.1, 0.15) is 26.2 Å². The molecule has 1 fully saturated rings. The molecule has 0 aromatic carbocycles. The number of esters is 1. The van der Waals surface area contributed by atoms with Gasteiger partial charge in [-0.25, -0.2) is 0 Å². The van der Waals surface area contributed by atoms with Crippen LogP contribution in [0.15, 0.2) is 17.4 Å². The van der Waals surface area contributed by atoms with Gasteiger partial charge in [-0.15, -0.1) is 24.0 Å². The van der Waals surface area contributed by atoms with E-state index < -0.39 is 0 Å². The first-order chi connectivity index (χ1) is 12.5. The van der Waals surface area contributed by atoms with Gasteiger partial charge in [0.1, 0.15) is 6.54 Å². The fourth-order valence-corrected chi connectivity index (χ4v) is 2.77. The Balaban J connectivity index is 0.00000364. The molecule has 0 bridgehead atoms. The van der Waals surface area contributed by atoms with E-state index in [1.807, 2.05) is 25.1 Å². The van der Waals surface area contributed by atoms with E-state index in [0.29, 0.717) is 26.1 Å². The number of guanidine groups is 1. The van der Waals surface area contributed by atoms with Gasteiger partial charge in [0.25, 0.3) is 0 Å². The highest BCUT2D eigenvalue weighted by Crippen LogP contribution is 2.16. The molecule has 0 spiro atoms. The van der Waals surface area contributed by atoms with Crippen molar-refractivity contribution in [2.45, 2.75) is 26.2 Å². The third kappa shape index (κ3) is 7.00. The fourth-order valence-electron chi connectivity index (χ4n) is 2.77. The Morgan fingerprint density at radius 3 is 2.74 bits per heavy atom. The topological polar surface area (TPSA) is 92.1 Å². The van der Waals surface area contributed by atoms with Gasteiger partial charge in [-0.2, -0.15) is 5.10 Å². The lowest BCUT2D eigenvalue weighted by molar-refractivity contribution is -0.140. The molecule has 0 aliphatic carbocycles. The maximum atomic E-state index is 12.5. The summed E-state index contributed by atoms with van der Waals surface area (Å²) in [5.74, 6) is 0.573. The van der Waals surface area contributed by atoms with Crippen LogP contribution in [-0.4, -0.2) is 72.4 Å². The number of methoxy groups -OCH3 is 1. The van der Waals surface area contributed by atoms with Gasteiger partial charge in [0.05, 0.1) is 19.0 Å². The number of aliphatic imine (C=N–C) groups is 1. The molecule has 0 saturated carbocycles. The van der Waals surface area contributed by atoms with Crippen molar-refractivity contribution < 1.29 is 14.3 Å². The van der Waals surface area contributed by atoms with Crippen molar-refractivity contribution in [1.29, 1.82) is 0 Å². The summed E-state index contributed by atoms with van der Waals surface area (Å²) in [5, 5.41) is 7.37. The predicted molar refractivity (Wildman–Crippen MR) is 114 cm³/mol. The lowest BCUT2D eigenvalue weighted by Crippen LogP contribution is -2.55. The highest BCUT2D eigenvalue weighted by molar-refractivity contribution is 14.0. The van der Waals surface area contributed by atoms with Crippen molar-refractivity contribution in [3.05, 3.63) is 12.4 Å². The number of aryl methyl sites for hydroxylation is 1. The van der Waals surface area contributed by atoms with Crippen LogP contribution < -0.4 is 10.2 Å². The molecular weight excluding hydrogens is 463 g/mol. The number of hydrogen-bond donors (Lipinski definition) is 1. The number of piperazine rings is 1. The minimum atomic E-state index is -0.196. The van der Waals surface area contributed by atoms with Gasteiger partial charge in [0.2, 0.25) is 5.91 Å². The van der Waals surface area contributed by atoms with E-state index in [4.69, 9.17) is 0 Å². The van der Waals surface area contributed by atoms with Crippen molar-refractivity contribution >= 4 is 47.5 Å². The molecule has 2 heterocycles. The second-order valence-electron chi connectivity index (χ2n) is 6.11. The third-order valence-electron chi connectivity index (χ3n) is 4.14. The quantitative estimate of drug-likeness (QED) is 0.201. The van der Waals surface area contributed by atoms with Crippen LogP contribution >= 0.6 is 24.0 Å². The average molecular weight is 492 g/mol. The zero-order valence-electron chi connectivity index (χ0n) is 16.2. The lowest BCUT2D eigenvalue weighted by Gasteiger charge is -2.35. The van der Waals surface area contributed by atoms with Gasteiger partial charge in [-0.1, -0.05) is 0 Å². The van der Waals surface area contributed by atoms with Crippen LogP contribution in [-0.2, 0) is 21.4 Å². The molecule has 2 rings (SSSR count). The number of halogens is 1. The van der Waals surface area contributed by atoms with Crippen LogP contribution in [0.25, 0.3) is 0 Å². The Kier molecular flexibility index (Phi) is 10.1. The molecule has 1 saturated heterocycles. The second kappa shape index (κ2) is 11.8. The molecule has 152 valence electrons. The number of nitrogens with zero attached hydrogens (tertiary/aromatic N) is 5. The average Bonchev–Trinajstić information content (AvgIpc) is 3.06. The first-order valence-electron chi connectivity index (χ1n) is 8.94. The zero-order valence-corrected chi connectivity index (χ0v) is 18.5.